The summed E-state index contributed by atoms with van der Waals surface area (Å²) in [5, 5.41) is 11.9. The first-order valence-corrected chi connectivity index (χ1v) is 10.6. The van der Waals surface area contributed by atoms with Crippen LogP contribution in [0.3, 0.4) is 0 Å². The number of para-hydroxylation sites is 1. The third kappa shape index (κ3) is 4.79. The van der Waals surface area contributed by atoms with Gasteiger partial charge < -0.3 is 14.6 Å². The summed E-state index contributed by atoms with van der Waals surface area (Å²) in [6, 6.07) is 15.1. The molecule has 9 heteroatoms. The Labute approximate surface area is 194 Å². The lowest BCUT2D eigenvalue weighted by atomic mass is 10.2. The molecule has 1 N–H and O–H groups in total. The average molecular weight is 471 g/mol. The number of carbonyl (C=O) groups excluding carboxylic acids is 1. The number of benzene rings is 2. The van der Waals surface area contributed by atoms with Crippen molar-refractivity contribution in [3.63, 3.8) is 0 Å². The lowest BCUT2D eigenvalue weighted by Gasteiger charge is -2.09. The van der Waals surface area contributed by atoms with Crippen molar-refractivity contribution in [1.29, 1.82) is 0 Å². The minimum atomic E-state index is -0.491. The quantitative estimate of drug-likeness (QED) is 0.375. The van der Waals surface area contributed by atoms with Gasteiger partial charge in [-0.3, -0.25) is 9.48 Å². The van der Waals surface area contributed by atoms with E-state index in [0.717, 1.165) is 16.9 Å². The minimum Gasteiger partial charge on any atom is -0.488 e. The van der Waals surface area contributed by atoms with E-state index < -0.39 is 5.91 Å². The van der Waals surface area contributed by atoms with Crippen molar-refractivity contribution in [2.24, 2.45) is 0 Å². The van der Waals surface area contributed by atoms with Crippen LogP contribution >= 0.6 is 23.2 Å². The number of hydrogen-bond donors (Lipinski definition) is 1. The molecule has 0 bridgehead atoms. The van der Waals surface area contributed by atoms with E-state index in [1.165, 1.54) is 0 Å². The molecule has 0 fully saturated rings. The zero-order valence-corrected chi connectivity index (χ0v) is 18.9. The summed E-state index contributed by atoms with van der Waals surface area (Å²) in [5.41, 5.74) is 2.54. The summed E-state index contributed by atoms with van der Waals surface area (Å²) < 4.78 is 12.7. The molecule has 4 rings (SSSR count). The van der Waals surface area contributed by atoms with E-state index in [1.54, 1.807) is 23.9 Å². The van der Waals surface area contributed by atoms with Crippen molar-refractivity contribution in [2.75, 3.05) is 5.32 Å². The highest BCUT2D eigenvalue weighted by Crippen LogP contribution is 2.24. The number of rotatable bonds is 7. The fourth-order valence-electron chi connectivity index (χ4n) is 3.14. The van der Waals surface area contributed by atoms with Gasteiger partial charge in [0, 0.05) is 11.2 Å². The predicted octanol–water partition coefficient (Wildman–Crippen LogP) is 5.67. The Hall–Kier alpha value is -3.29. The summed E-state index contributed by atoms with van der Waals surface area (Å²) >= 11 is 12.5. The molecule has 0 spiro atoms. The number of halogens is 2. The van der Waals surface area contributed by atoms with Gasteiger partial charge in [0.05, 0.1) is 12.1 Å². The van der Waals surface area contributed by atoms with E-state index in [2.05, 4.69) is 15.6 Å². The number of nitrogens with zero attached hydrogens (tertiary/aromatic N) is 3. The highest BCUT2D eigenvalue weighted by atomic mass is 35.5. The molecule has 0 aliphatic carbocycles. The van der Waals surface area contributed by atoms with Gasteiger partial charge in [0.1, 0.15) is 23.1 Å². The number of amides is 1. The van der Waals surface area contributed by atoms with Gasteiger partial charge in [0.25, 0.3) is 5.91 Å². The van der Waals surface area contributed by atoms with Crippen LogP contribution in [0.2, 0.25) is 10.0 Å². The molecular weight excluding hydrogens is 451 g/mol. The number of anilines is 1. The van der Waals surface area contributed by atoms with E-state index in [-0.39, 0.29) is 18.1 Å². The second-order valence-electron chi connectivity index (χ2n) is 7.19. The molecule has 0 aliphatic rings. The molecule has 0 saturated heterocycles. The Morgan fingerprint density at radius 1 is 1.09 bits per heavy atom. The maximum atomic E-state index is 12.9. The van der Waals surface area contributed by atoms with E-state index >= 15 is 0 Å². The number of ether oxygens (including phenoxy) is 1. The number of aromatic nitrogens is 3. The summed E-state index contributed by atoms with van der Waals surface area (Å²) in [7, 11) is 0. The number of aryl methyl sites for hydroxylation is 2. The van der Waals surface area contributed by atoms with Crippen molar-refractivity contribution < 1.29 is 14.1 Å². The molecule has 0 atom stereocenters. The summed E-state index contributed by atoms with van der Waals surface area (Å²) in [6.07, 6.45) is 1.62. The molecule has 164 valence electrons. The molecule has 2 heterocycles. The topological polar surface area (TPSA) is 82.2 Å². The zero-order valence-electron chi connectivity index (χ0n) is 17.4. The minimum absolute atomic E-state index is 0.118. The molecule has 0 aliphatic heterocycles. The number of nitrogens with one attached hydrogen (secondary N) is 1. The molecule has 32 heavy (non-hydrogen) atoms. The van der Waals surface area contributed by atoms with Crippen LogP contribution < -0.4 is 10.1 Å². The summed E-state index contributed by atoms with van der Waals surface area (Å²) in [6.45, 7) is 4.22. The van der Waals surface area contributed by atoms with Gasteiger partial charge in [0.2, 0.25) is 0 Å². The van der Waals surface area contributed by atoms with Crippen LogP contribution in [0.25, 0.3) is 0 Å². The number of hydrogen-bond acceptors (Lipinski definition) is 5. The average Bonchev–Trinajstić information content (AvgIpc) is 3.31. The maximum absolute atomic E-state index is 12.9. The van der Waals surface area contributed by atoms with Crippen molar-refractivity contribution in [3.05, 3.63) is 92.9 Å². The largest absolute Gasteiger partial charge is 0.488 e. The molecule has 0 radical (unpaired) electrons. The maximum Gasteiger partial charge on any atom is 0.279 e. The fourth-order valence-corrected chi connectivity index (χ4v) is 3.53. The molecule has 1 amide bonds. The predicted molar refractivity (Wildman–Crippen MR) is 122 cm³/mol. The van der Waals surface area contributed by atoms with Crippen molar-refractivity contribution in [1.82, 2.24) is 14.9 Å². The smallest absolute Gasteiger partial charge is 0.279 e. The second kappa shape index (κ2) is 9.46. The zero-order chi connectivity index (χ0) is 22.7. The molecule has 0 unspecified atom stereocenters. The fraction of sp³-hybridized carbons (Fsp3) is 0.174. The van der Waals surface area contributed by atoms with Gasteiger partial charge in [-0.25, -0.2) is 0 Å². The van der Waals surface area contributed by atoms with Crippen LogP contribution in [0.15, 0.2) is 59.3 Å². The van der Waals surface area contributed by atoms with Gasteiger partial charge in [-0.05, 0) is 37.1 Å². The van der Waals surface area contributed by atoms with E-state index in [0.29, 0.717) is 27.9 Å². The van der Waals surface area contributed by atoms with Gasteiger partial charge in [0.15, 0.2) is 11.5 Å². The molecule has 0 saturated carbocycles. The van der Waals surface area contributed by atoms with Crippen molar-refractivity contribution >= 4 is 34.9 Å². The highest BCUT2D eigenvalue weighted by Gasteiger charge is 2.22. The first-order chi connectivity index (χ1) is 15.4. The summed E-state index contributed by atoms with van der Waals surface area (Å²) in [4.78, 5) is 12.9. The van der Waals surface area contributed by atoms with Gasteiger partial charge in [-0.1, -0.05) is 64.8 Å². The van der Waals surface area contributed by atoms with Gasteiger partial charge in [-0.15, -0.1) is 0 Å². The number of carbonyl (C=O) groups is 1. The normalized spacial score (nSPS) is 10.9. The SMILES string of the molecule is Cc1ccccc1OCc1c(C(=O)Nc2nn(Cc3ccccc3Cl)cc2Cl)noc1C. The first kappa shape index (κ1) is 21.9. The molecule has 7 nitrogen and oxygen atoms in total. The van der Waals surface area contributed by atoms with Crippen LogP contribution in [-0.4, -0.2) is 20.8 Å². The van der Waals surface area contributed by atoms with Crippen LogP contribution in [0.5, 0.6) is 5.75 Å². The van der Waals surface area contributed by atoms with E-state index in [1.807, 2.05) is 49.4 Å². The lowest BCUT2D eigenvalue weighted by Crippen LogP contribution is -2.16. The third-order valence-electron chi connectivity index (χ3n) is 4.90. The van der Waals surface area contributed by atoms with Crippen LogP contribution in [0, 0.1) is 13.8 Å². The molecule has 4 aromatic rings. The standard InChI is InChI=1S/C23H20Cl2N4O3/c1-14-7-3-6-10-20(14)31-13-17-15(2)32-28-21(17)23(30)26-22-19(25)12-29(27-22)11-16-8-4-5-9-18(16)24/h3-10,12H,11,13H2,1-2H3,(H,26,27,30). The molecular formula is C23H20Cl2N4O3. The first-order valence-electron chi connectivity index (χ1n) is 9.83. The summed E-state index contributed by atoms with van der Waals surface area (Å²) in [5.74, 6) is 0.949. The Morgan fingerprint density at radius 3 is 2.62 bits per heavy atom. The van der Waals surface area contributed by atoms with Crippen molar-refractivity contribution in [2.45, 2.75) is 27.0 Å². The van der Waals surface area contributed by atoms with Gasteiger partial charge in [-0.2, -0.15) is 5.10 Å². The lowest BCUT2D eigenvalue weighted by molar-refractivity contribution is 0.101. The third-order valence-corrected chi connectivity index (χ3v) is 5.55. The van der Waals surface area contributed by atoms with Gasteiger partial charge >= 0.3 is 0 Å². The van der Waals surface area contributed by atoms with E-state index in [4.69, 9.17) is 32.5 Å². The monoisotopic (exact) mass is 470 g/mol. The van der Waals surface area contributed by atoms with Crippen LogP contribution in [0.1, 0.15) is 32.9 Å². The molecule has 2 aromatic carbocycles. The molecule has 2 aromatic heterocycles. The second-order valence-corrected chi connectivity index (χ2v) is 8.00. The highest BCUT2D eigenvalue weighted by molar-refractivity contribution is 6.33. The Balaban J connectivity index is 1.48. The van der Waals surface area contributed by atoms with Crippen LogP contribution in [-0.2, 0) is 13.2 Å². The van der Waals surface area contributed by atoms with E-state index in [9.17, 15) is 4.79 Å². The Morgan fingerprint density at radius 2 is 1.84 bits per heavy atom. The Kier molecular flexibility index (Phi) is 6.48. The van der Waals surface area contributed by atoms with Crippen molar-refractivity contribution in [3.8, 4) is 5.75 Å². The Bertz CT molecular complexity index is 1270. The van der Waals surface area contributed by atoms with Crippen LogP contribution in [0.4, 0.5) is 5.82 Å².